The molecule has 2 rings (SSSR count). The van der Waals surface area contributed by atoms with Gasteiger partial charge < -0.3 is 24.8 Å². The van der Waals surface area contributed by atoms with Gasteiger partial charge in [-0.25, -0.2) is 0 Å². The highest BCUT2D eigenvalue weighted by atomic mass is 16.5. The molecule has 1 saturated carbocycles. The molecule has 0 bridgehead atoms. The Morgan fingerprint density at radius 2 is 1.96 bits per heavy atom. The van der Waals surface area contributed by atoms with E-state index in [-0.39, 0.29) is 31.8 Å². The number of aliphatic carboxylic acids is 1. The number of aliphatic hydroxyl groups excluding tert-OH is 2. The van der Waals surface area contributed by atoms with Crippen molar-refractivity contribution in [2.24, 2.45) is 5.92 Å². The van der Waals surface area contributed by atoms with E-state index in [1.807, 2.05) is 30.4 Å². The molecule has 0 heterocycles. The zero-order chi connectivity index (χ0) is 20.4. The van der Waals surface area contributed by atoms with Gasteiger partial charge in [0.1, 0.15) is 24.2 Å². The summed E-state index contributed by atoms with van der Waals surface area (Å²) < 4.78 is 11.1. The third kappa shape index (κ3) is 7.42. The smallest absolute Gasteiger partial charge is 0.303 e. The Balaban J connectivity index is 1.75. The van der Waals surface area contributed by atoms with Crippen LogP contribution in [0.2, 0.25) is 0 Å². The van der Waals surface area contributed by atoms with Crippen molar-refractivity contribution in [1.82, 2.24) is 0 Å². The average molecular weight is 392 g/mol. The van der Waals surface area contributed by atoms with Crippen molar-refractivity contribution in [1.29, 1.82) is 0 Å². The molecule has 0 amide bonds. The number of hydrogen-bond donors (Lipinski definition) is 3. The molecule has 0 spiro atoms. The van der Waals surface area contributed by atoms with E-state index in [0.29, 0.717) is 25.0 Å². The maximum atomic E-state index is 12.1. The molecular weight excluding hydrogens is 364 g/mol. The van der Waals surface area contributed by atoms with E-state index in [2.05, 4.69) is 0 Å². The van der Waals surface area contributed by atoms with E-state index in [1.54, 1.807) is 12.1 Å². The molecule has 4 atom stereocenters. The van der Waals surface area contributed by atoms with E-state index in [0.717, 1.165) is 0 Å². The van der Waals surface area contributed by atoms with Crippen LogP contribution >= 0.6 is 0 Å². The SMILES string of the molecule is O=C(O)CCC/C=C/CC1C(=O)CC(O)C1OCC(O)COc1ccccc1. The lowest BCUT2D eigenvalue weighted by molar-refractivity contribution is -0.137. The minimum absolute atomic E-state index is 0.0405. The van der Waals surface area contributed by atoms with Crippen LogP contribution in [0.25, 0.3) is 0 Å². The quantitative estimate of drug-likeness (QED) is 0.368. The number of ketones is 1. The standard InChI is InChI=1S/C21H28O7/c22-15(13-27-16-8-4-3-5-9-16)14-28-21-17(18(23)12-19(21)24)10-6-1-2-7-11-20(25)26/h1,3-6,8-9,15,17,19,21-22,24H,2,7,10-14H2,(H,25,26)/b6-1+. The van der Waals surface area contributed by atoms with Gasteiger partial charge in [0, 0.05) is 18.8 Å². The second-order valence-corrected chi connectivity index (χ2v) is 6.91. The molecule has 0 saturated heterocycles. The van der Waals surface area contributed by atoms with Crippen molar-refractivity contribution < 1.29 is 34.4 Å². The number of carboxylic acids is 1. The zero-order valence-electron chi connectivity index (χ0n) is 15.8. The van der Waals surface area contributed by atoms with Gasteiger partial charge in [-0.2, -0.15) is 0 Å². The molecule has 28 heavy (non-hydrogen) atoms. The van der Waals surface area contributed by atoms with Gasteiger partial charge in [-0.3, -0.25) is 9.59 Å². The van der Waals surface area contributed by atoms with Crippen LogP contribution in [0.4, 0.5) is 0 Å². The van der Waals surface area contributed by atoms with E-state index in [4.69, 9.17) is 14.6 Å². The lowest BCUT2D eigenvalue weighted by Crippen LogP contribution is -2.34. The summed E-state index contributed by atoms with van der Waals surface area (Å²) >= 11 is 0. The molecule has 7 heteroatoms. The third-order valence-corrected chi connectivity index (χ3v) is 4.58. The van der Waals surface area contributed by atoms with E-state index in [1.165, 1.54) is 0 Å². The fourth-order valence-electron chi connectivity index (χ4n) is 3.13. The molecule has 3 N–H and O–H groups in total. The molecule has 0 aliphatic heterocycles. The first-order valence-electron chi connectivity index (χ1n) is 9.52. The van der Waals surface area contributed by atoms with Gasteiger partial charge in [-0.15, -0.1) is 0 Å². The number of rotatable bonds is 12. The van der Waals surface area contributed by atoms with Gasteiger partial charge >= 0.3 is 5.97 Å². The monoisotopic (exact) mass is 392 g/mol. The van der Waals surface area contributed by atoms with Crippen molar-refractivity contribution in [2.45, 2.75) is 50.4 Å². The maximum absolute atomic E-state index is 12.1. The highest BCUT2D eigenvalue weighted by Gasteiger charge is 2.41. The molecule has 7 nitrogen and oxygen atoms in total. The number of hydrogen-bond acceptors (Lipinski definition) is 6. The average Bonchev–Trinajstić information content (AvgIpc) is 2.94. The summed E-state index contributed by atoms with van der Waals surface area (Å²) in [6.07, 6.45) is 2.98. The lowest BCUT2D eigenvalue weighted by atomic mass is 9.99. The van der Waals surface area contributed by atoms with Crippen LogP contribution in [0, 0.1) is 5.92 Å². The van der Waals surface area contributed by atoms with E-state index >= 15 is 0 Å². The number of aliphatic hydroxyl groups is 2. The lowest BCUT2D eigenvalue weighted by Gasteiger charge is -2.22. The van der Waals surface area contributed by atoms with Gasteiger partial charge in [0.05, 0.1) is 18.8 Å². The molecule has 1 aromatic rings. The first-order valence-corrected chi connectivity index (χ1v) is 9.52. The number of allylic oxidation sites excluding steroid dienone is 2. The van der Waals surface area contributed by atoms with Gasteiger partial charge in [-0.1, -0.05) is 30.4 Å². The Labute approximate surface area is 164 Å². The Kier molecular flexibility index (Phi) is 9.13. The predicted molar refractivity (Wildman–Crippen MR) is 102 cm³/mol. The molecule has 154 valence electrons. The summed E-state index contributed by atoms with van der Waals surface area (Å²) in [4.78, 5) is 22.6. The van der Waals surface area contributed by atoms with Crippen LogP contribution in [0.3, 0.4) is 0 Å². The summed E-state index contributed by atoms with van der Waals surface area (Å²) in [5.41, 5.74) is 0. The van der Waals surface area contributed by atoms with Crippen LogP contribution < -0.4 is 4.74 Å². The number of carbonyl (C=O) groups excluding carboxylic acids is 1. The third-order valence-electron chi connectivity index (χ3n) is 4.58. The summed E-state index contributed by atoms with van der Waals surface area (Å²) in [7, 11) is 0. The van der Waals surface area contributed by atoms with Crippen LogP contribution in [0.15, 0.2) is 42.5 Å². The number of carbonyl (C=O) groups is 2. The molecule has 4 unspecified atom stereocenters. The number of ether oxygens (including phenoxy) is 2. The fraction of sp³-hybridized carbons (Fsp3) is 0.524. The minimum Gasteiger partial charge on any atom is -0.491 e. The number of carboxylic acid groups (broad SMARTS) is 1. The first kappa shape index (κ1) is 22.1. The number of para-hydroxylation sites is 1. The summed E-state index contributed by atoms with van der Waals surface area (Å²) in [5.74, 6) is -0.718. The van der Waals surface area contributed by atoms with Crippen LogP contribution in [-0.4, -0.2) is 58.6 Å². The minimum atomic E-state index is -0.889. The van der Waals surface area contributed by atoms with Gasteiger partial charge in [0.25, 0.3) is 0 Å². The van der Waals surface area contributed by atoms with Crippen LogP contribution in [0.5, 0.6) is 5.75 Å². The summed E-state index contributed by atoms with van der Waals surface area (Å²) in [5, 5.41) is 28.8. The molecule has 0 aromatic heterocycles. The predicted octanol–water partition coefficient (Wildman–Crippen LogP) is 1.96. The van der Waals surface area contributed by atoms with E-state index in [9.17, 15) is 19.8 Å². The second-order valence-electron chi connectivity index (χ2n) is 6.91. The molecule has 1 aromatic carbocycles. The number of benzene rings is 1. The fourth-order valence-corrected chi connectivity index (χ4v) is 3.13. The second kappa shape index (κ2) is 11.6. The van der Waals surface area contributed by atoms with Gasteiger partial charge in [-0.05, 0) is 31.4 Å². The Hall–Kier alpha value is -2.22. The molecule has 1 aliphatic rings. The zero-order valence-corrected chi connectivity index (χ0v) is 15.8. The van der Waals surface area contributed by atoms with Crippen molar-refractivity contribution >= 4 is 11.8 Å². The van der Waals surface area contributed by atoms with Crippen LogP contribution in [0.1, 0.15) is 32.1 Å². The number of unbranched alkanes of at least 4 members (excludes halogenated alkanes) is 1. The summed E-state index contributed by atoms with van der Waals surface area (Å²) in [6.45, 7) is 0.00951. The Morgan fingerprint density at radius 1 is 1.21 bits per heavy atom. The van der Waals surface area contributed by atoms with Crippen molar-refractivity contribution in [3.05, 3.63) is 42.5 Å². The highest BCUT2D eigenvalue weighted by molar-refractivity contribution is 5.85. The first-order chi connectivity index (χ1) is 13.5. The Morgan fingerprint density at radius 3 is 2.68 bits per heavy atom. The van der Waals surface area contributed by atoms with Gasteiger partial charge in [0.15, 0.2) is 0 Å². The van der Waals surface area contributed by atoms with Crippen molar-refractivity contribution in [2.75, 3.05) is 13.2 Å². The molecule has 0 radical (unpaired) electrons. The van der Waals surface area contributed by atoms with Gasteiger partial charge in [0.2, 0.25) is 0 Å². The van der Waals surface area contributed by atoms with Crippen molar-refractivity contribution in [3.63, 3.8) is 0 Å². The largest absolute Gasteiger partial charge is 0.491 e. The van der Waals surface area contributed by atoms with Crippen molar-refractivity contribution in [3.8, 4) is 5.75 Å². The molecule has 1 aliphatic carbocycles. The maximum Gasteiger partial charge on any atom is 0.303 e. The highest BCUT2D eigenvalue weighted by Crippen LogP contribution is 2.29. The van der Waals surface area contributed by atoms with Crippen LogP contribution in [-0.2, 0) is 14.3 Å². The normalized spacial score (nSPS) is 23.2. The van der Waals surface area contributed by atoms with E-state index < -0.39 is 30.2 Å². The number of Topliss-reactive ketones (excluding diaryl/α,β-unsaturated/α-hetero) is 1. The molecular formula is C21H28O7. The Bertz CT molecular complexity index is 643. The topological polar surface area (TPSA) is 113 Å². The molecule has 1 fully saturated rings. The summed E-state index contributed by atoms with van der Waals surface area (Å²) in [6, 6.07) is 9.10.